The maximum atomic E-state index is 2.57. The molecule has 0 amide bonds. The van der Waals surface area contributed by atoms with Crippen molar-refractivity contribution in [2.24, 2.45) is 0 Å². The monoisotopic (exact) mass is 438 g/mol. The number of hydrogen-bond donors (Lipinski definition) is 0. The van der Waals surface area contributed by atoms with Crippen LogP contribution >= 0.6 is 7.26 Å². The first-order chi connectivity index (χ1) is 12.2. The van der Waals surface area contributed by atoms with Crippen LogP contribution < -0.4 is 17.0 Å². The van der Waals surface area contributed by atoms with Crippen LogP contribution in [0, 0.1) is 0 Å². The second kappa shape index (κ2) is 15.6. The summed E-state index contributed by atoms with van der Waals surface area (Å²) in [7, 11) is -1.09. The van der Waals surface area contributed by atoms with Crippen LogP contribution in [-0.2, 0) is 0 Å². The third-order valence-corrected chi connectivity index (χ3v) is 10.1. The molecule has 0 nitrogen and oxygen atoms in total. The molecule has 0 bridgehead atoms. The third kappa shape index (κ3) is 8.53. The molecule has 148 valence electrons. The van der Waals surface area contributed by atoms with Crippen LogP contribution in [0.1, 0.15) is 78.2 Å². The summed E-state index contributed by atoms with van der Waals surface area (Å²) in [6.07, 6.45) is 20.6. The molecule has 0 atom stereocenters. The van der Waals surface area contributed by atoms with Crippen molar-refractivity contribution >= 4 is 12.6 Å². The van der Waals surface area contributed by atoms with Gasteiger partial charge in [0, 0.05) is 12.8 Å². The molecule has 2 heteroatoms. The topological polar surface area (TPSA) is 0 Å². The van der Waals surface area contributed by atoms with Crippen LogP contribution in [0.5, 0.6) is 0 Å². The molecule has 0 unspecified atom stereocenters. The Labute approximate surface area is 174 Å². The lowest BCUT2D eigenvalue weighted by Crippen LogP contribution is -3.00. The highest BCUT2D eigenvalue weighted by Gasteiger charge is 2.40. The molecule has 0 saturated carbocycles. The van der Waals surface area contributed by atoms with E-state index < -0.39 is 7.26 Å². The van der Waals surface area contributed by atoms with Crippen molar-refractivity contribution in [2.45, 2.75) is 72.6 Å². The molecule has 0 aromatic heterocycles. The number of halogens is 1. The van der Waals surface area contributed by atoms with E-state index >= 15 is 0 Å². The van der Waals surface area contributed by atoms with Gasteiger partial charge in [-0.3, -0.25) is 0 Å². The van der Waals surface area contributed by atoms with Gasteiger partial charge in [-0.2, -0.15) is 0 Å². The zero-order valence-electron chi connectivity index (χ0n) is 17.5. The Morgan fingerprint density at radius 3 is 1.77 bits per heavy atom. The minimum absolute atomic E-state index is 0. The molecule has 0 heterocycles. The predicted molar refractivity (Wildman–Crippen MR) is 120 cm³/mol. The van der Waals surface area contributed by atoms with E-state index in [4.69, 9.17) is 0 Å². The van der Waals surface area contributed by atoms with Gasteiger partial charge in [-0.25, -0.2) is 0 Å². The Morgan fingerprint density at radius 2 is 1.35 bits per heavy atom. The average molecular weight is 439 g/mol. The Kier molecular flexibility index (Phi) is 15.4. The number of unbranched alkanes of at least 4 members (excludes halogenated alkanes) is 3. The highest BCUT2D eigenvalue weighted by Crippen LogP contribution is 2.70. The third-order valence-electron chi connectivity index (χ3n) is 5.08. The number of allylic oxidation sites excluding steroid dienone is 3. The Morgan fingerprint density at radius 1 is 0.846 bits per heavy atom. The Balaban J connectivity index is 0.00000625. The molecule has 1 aromatic rings. The number of hydrogen-bond acceptors (Lipinski definition) is 0. The van der Waals surface area contributed by atoms with Gasteiger partial charge in [-0.1, -0.05) is 82.5 Å². The van der Waals surface area contributed by atoms with Crippen molar-refractivity contribution in [1.82, 2.24) is 0 Å². The van der Waals surface area contributed by atoms with E-state index in [1.54, 1.807) is 5.31 Å². The number of benzene rings is 1. The maximum absolute atomic E-state index is 2.57. The maximum Gasteiger partial charge on any atom is 0.0974 e. The minimum Gasteiger partial charge on any atom is -1.00 e. The van der Waals surface area contributed by atoms with E-state index in [0.717, 1.165) is 6.42 Å². The van der Waals surface area contributed by atoms with Crippen LogP contribution in [0.15, 0.2) is 48.6 Å². The average Bonchev–Trinajstić information content (AvgIpc) is 2.66. The SMILES string of the molecule is C/C=C/C/C=C(\c1ccccc1)[P+](CCCC)(CCCC)CCCC.[Br-]. The van der Waals surface area contributed by atoms with Crippen LogP contribution in [-0.4, -0.2) is 18.5 Å². The first-order valence-electron chi connectivity index (χ1n) is 10.5. The lowest BCUT2D eigenvalue weighted by Gasteiger charge is -2.30. The smallest absolute Gasteiger partial charge is 0.0974 e. The van der Waals surface area contributed by atoms with E-state index in [0.29, 0.717) is 0 Å². The molecule has 0 aliphatic carbocycles. The lowest BCUT2D eigenvalue weighted by molar-refractivity contribution is -0.00000544. The minimum atomic E-state index is -1.09. The summed E-state index contributed by atoms with van der Waals surface area (Å²) in [4.78, 5) is 0. The van der Waals surface area contributed by atoms with Gasteiger partial charge in [0.2, 0.25) is 0 Å². The van der Waals surface area contributed by atoms with Gasteiger partial charge in [0.25, 0.3) is 0 Å². The summed E-state index contributed by atoms with van der Waals surface area (Å²) >= 11 is 0. The molecular formula is C24H40BrP. The van der Waals surface area contributed by atoms with E-state index in [1.165, 1.54) is 62.6 Å². The molecule has 0 spiro atoms. The second-order valence-corrected chi connectivity index (χ2v) is 11.3. The van der Waals surface area contributed by atoms with Gasteiger partial charge in [0.05, 0.1) is 23.8 Å². The highest BCUT2D eigenvalue weighted by atomic mass is 79.9. The first kappa shape index (κ1) is 25.6. The van der Waals surface area contributed by atoms with E-state index in [-0.39, 0.29) is 17.0 Å². The van der Waals surface area contributed by atoms with Gasteiger partial charge in [-0.05, 0) is 38.7 Å². The largest absolute Gasteiger partial charge is 1.00 e. The van der Waals surface area contributed by atoms with Gasteiger partial charge < -0.3 is 17.0 Å². The van der Waals surface area contributed by atoms with E-state index in [9.17, 15) is 0 Å². The van der Waals surface area contributed by atoms with Crippen LogP contribution in [0.3, 0.4) is 0 Å². The van der Waals surface area contributed by atoms with Gasteiger partial charge in [0.1, 0.15) is 0 Å². The summed E-state index contributed by atoms with van der Waals surface area (Å²) in [6.45, 7) is 9.17. The van der Waals surface area contributed by atoms with Gasteiger partial charge in [0.15, 0.2) is 0 Å². The van der Waals surface area contributed by atoms with E-state index in [1.807, 2.05) is 0 Å². The fourth-order valence-electron chi connectivity index (χ4n) is 3.59. The summed E-state index contributed by atoms with van der Waals surface area (Å²) in [5, 5.41) is 1.72. The highest BCUT2D eigenvalue weighted by molar-refractivity contribution is 7.85. The molecule has 26 heavy (non-hydrogen) atoms. The molecular weight excluding hydrogens is 399 g/mol. The second-order valence-electron chi connectivity index (χ2n) is 7.14. The quantitative estimate of drug-likeness (QED) is 0.285. The summed E-state index contributed by atoms with van der Waals surface area (Å²) in [5.74, 6) is 0. The van der Waals surface area contributed by atoms with Crippen molar-refractivity contribution < 1.29 is 17.0 Å². The Hall–Kier alpha value is -0.390. The van der Waals surface area contributed by atoms with Crippen molar-refractivity contribution in [3.63, 3.8) is 0 Å². The van der Waals surface area contributed by atoms with Crippen LogP contribution in [0.4, 0.5) is 0 Å². The summed E-state index contributed by atoms with van der Waals surface area (Å²) in [6, 6.07) is 11.3. The first-order valence-corrected chi connectivity index (χ1v) is 12.8. The van der Waals surface area contributed by atoms with Crippen molar-refractivity contribution in [1.29, 1.82) is 0 Å². The lowest BCUT2D eigenvalue weighted by atomic mass is 10.2. The number of rotatable bonds is 13. The molecule has 1 aromatic carbocycles. The van der Waals surface area contributed by atoms with Gasteiger partial charge >= 0.3 is 0 Å². The fourth-order valence-corrected chi connectivity index (χ4v) is 8.94. The molecule has 0 aliphatic heterocycles. The molecule has 0 N–H and O–H groups in total. The standard InChI is InChI=1S/C24H40P.BrH/c1-5-9-14-19-24(23-17-15-13-16-18-23)25(20-10-6-2,21-11-7-3)22-12-8-4;/h5,9,13,15-19H,6-8,10-12,14,20-22H2,1-4H3;1H/q+1;/p-1/b9-5+,24-19+;. The van der Waals surface area contributed by atoms with Crippen molar-refractivity contribution in [3.05, 3.63) is 54.1 Å². The zero-order valence-corrected chi connectivity index (χ0v) is 20.0. The molecule has 0 saturated heterocycles. The van der Waals surface area contributed by atoms with Crippen LogP contribution in [0.25, 0.3) is 5.31 Å². The van der Waals surface area contributed by atoms with Crippen LogP contribution in [0.2, 0.25) is 0 Å². The summed E-state index contributed by atoms with van der Waals surface area (Å²) < 4.78 is 0. The normalized spacial score (nSPS) is 12.4. The van der Waals surface area contributed by atoms with Crippen molar-refractivity contribution in [2.75, 3.05) is 18.5 Å². The zero-order chi connectivity index (χ0) is 18.4. The molecule has 1 rings (SSSR count). The summed E-state index contributed by atoms with van der Waals surface area (Å²) in [5.41, 5.74) is 1.49. The Bertz CT molecular complexity index is 482. The molecule has 0 radical (unpaired) electrons. The fraction of sp³-hybridized carbons (Fsp3) is 0.583. The van der Waals surface area contributed by atoms with Crippen molar-refractivity contribution in [3.8, 4) is 0 Å². The predicted octanol–water partition coefficient (Wildman–Crippen LogP) is 5.42. The molecule has 0 fully saturated rings. The molecule has 0 aliphatic rings. The van der Waals surface area contributed by atoms with E-state index in [2.05, 4.69) is 76.3 Å². The van der Waals surface area contributed by atoms with Gasteiger partial charge in [-0.15, -0.1) is 0 Å².